The van der Waals surface area contributed by atoms with Crippen molar-refractivity contribution in [3.05, 3.63) is 47.2 Å². The fourth-order valence-electron chi connectivity index (χ4n) is 4.27. The van der Waals surface area contributed by atoms with Crippen LogP contribution in [-0.4, -0.2) is 29.4 Å². The van der Waals surface area contributed by atoms with Crippen LogP contribution in [-0.2, 0) is 11.0 Å². The SMILES string of the molecule is COc1cc(C#N)ccc1Oc1ncc(C(F)(F)F)cc1C(=O)NC12CC(C(N)=O)(C1)C2. The normalized spacial score (nSPS) is 23.2. The van der Waals surface area contributed by atoms with Crippen molar-refractivity contribution in [1.82, 2.24) is 10.3 Å². The fourth-order valence-corrected chi connectivity index (χ4v) is 4.27. The van der Waals surface area contributed by atoms with Gasteiger partial charge >= 0.3 is 6.18 Å². The summed E-state index contributed by atoms with van der Waals surface area (Å²) in [5.41, 5.74) is 2.77. The highest BCUT2D eigenvalue weighted by molar-refractivity contribution is 5.98. The average molecular weight is 446 g/mol. The number of benzene rings is 1. The molecule has 3 aliphatic rings. The Hall–Kier alpha value is -3.81. The lowest BCUT2D eigenvalue weighted by atomic mass is 9.39. The van der Waals surface area contributed by atoms with Crippen LogP contribution in [0.4, 0.5) is 13.2 Å². The first-order valence-corrected chi connectivity index (χ1v) is 9.47. The van der Waals surface area contributed by atoms with Crippen molar-refractivity contribution in [3.8, 4) is 23.4 Å². The maximum Gasteiger partial charge on any atom is 0.417 e. The number of methoxy groups -OCH3 is 1. The van der Waals surface area contributed by atoms with E-state index in [0.717, 1.165) is 0 Å². The molecule has 1 heterocycles. The van der Waals surface area contributed by atoms with E-state index in [1.54, 1.807) is 0 Å². The van der Waals surface area contributed by atoms with E-state index < -0.39 is 40.1 Å². The second-order valence-corrected chi connectivity index (χ2v) is 8.06. The molecule has 0 unspecified atom stereocenters. The maximum absolute atomic E-state index is 13.2. The predicted octanol–water partition coefficient (Wildman–Crippen LogP) is 2.91. The number of hydrogen-bond acceptors (Lipinski definition) is 6. The maximum atomic E-state index is 13.2. The van der Waals surface area contributed by atoms with Crippen LogP contribution in [0.3, 0.4) is 0 Å². The molecule has 3 N–H and O–H groups in total. The number of primary amides is 1. The second-order valence-electron chi connectivity index (χ2n) is 8.06. The van der Waals surface area contributed by atoms with Crippen molar-refractivity contribution in [1.29, 1.82) is 5.26 Å². The van der Waals surface area contributed by atoms with Gasteiger partial charge in [-0.15, -0.1) is 0 Å². The van der Waals surface area contributed by atoms with E-state index >= 15 is 0 Å². The van der Waals surface area contributed by atoms with Crippen molar-refractivity contribution in [2.45, 2.75) is 31.0 Å². The van der Waals surface area contributed by atoms with Crippen LogP contribution in [0.5, 0.6) is 17.4 Å². The highest BCUT2D eigenvalue weighted by Gasteiger charge is 2.71. The zero-order valence-electron chi connectivity index (χ0n) is 16.7. The van der Waals surface area contributed by atoms with Gasteiger partial charge in [0.15, 0.2) is 11.5 Å². The molecule has 0 aliphatic heterocycles. The second kappa shape index (κ2) is 7.12. The van der Waals surface area contributed by atoms with Gasteiger partial charge in [0.2, 0.25) is 11.8 Å². The first-order valence-electron chi connectivity index (χ1n) is 9.47. The minimum absolute atomic E-state index is 0.0611. The molecule has 8 nitrogen and oxygen atoms in total. The van der Waals surface area contributed by atoms with Gasteiger partial charge in [-0.1, -0.05) is 0 Å². The van der Waals surface area contributed by atoms with Crippen LogP contribution in [0.2, 0.25) is 0 Å². The molecule has 2 aromatic rings. The number of nitrogens with one attached hydrogen (secondary N) is 1. The quantitative estimate of drug-likeness (QED) is 0.702. The van der Waals surface area contributed by atoms with E-state index in [-0.39, 0.29) is 22.9 Å². The fraction of sp³-hybridized carbons (Fsp3) is 0.333. The first-order chi connectivity index (χ1) is 15.0. The molecule has 32 heavy (non-hydrogen) atoms. The topological polar surface area (TPSA) is 127 Å². The van der Waals surface area contributed by atoms with E-state index in [9.17, 15) is 22.8 Å². The van der Waals surface area contributed by atoms with Gasteiger partial charge in [0.05, 0.1) is 29.7 Å². The molecule has 2 amide bonds. The molecule has 2 bridgehead atoms. The molecule has 0 spiro atoms. The number of amides is 2. The number of aromatic nitrogens is 1. The number of carbonyl (C=O) groups excluding carboxylic acids is 2. The lowest BCUT2D eigenvalue weighted by Gasteiger charge is -2.68. The largest absolute Gasteiger partial charge is 0.493 e. The molecule has 5 rings (SSSR count). The Morgan fingerprint density at radius 3 is 2.47 bits per heavy atom. The predicted molar refractivity (Wildman–Crippen MR) is 103 cm³/mol. The van der Waals surface area contributed by atoms with Crippen molar-refractivity contribution in [2.75, 3.05) is 7.11 Å². The Labute approximate surface area is 180 Å². The number of pyridine rings is 1. The molecule has 1 aromatic carbocycles. The van der Waals surface area contributed by atoms with Gasteiger partial charge < -0.3 is 20.5 Å². The Bertz CT molecular complexity index is 1150. The van der Waals surface area contributed by atoms with Gasteiger partial charge in [-0.25, -0.2) is 4.98 Å². The van der Waals surface area contributed by atoms with Crippen LogP contribution >= 0.6 is 0 Å². The Balaban J connectivity index is 1.64. The van der Waals surface area contributed by atoms with E-state index in [1.807, 2.05) is 6.07 Å². The van der Waals surface area contributed by atoms with Crippen molar-refractivity contribution < 1.29 is 32.2 Å². The van der Waals surface area contributed by atoms with Gasteiger partial charge in [-0.2, -0.15) is 18.4 Å². The Morgan fingerprint density at radius 2 is 1.91 bits per heavy atom. The summed E-state index contributed by atoms with van der Waals surface area (Å²) in [7, 11) is 1.33. The van der Waals surface area contributed by atoms with Gasteiger partial charge in [0.1, 0.15) is 5.56 Å². The lowest BCUT2D eigenvalue weighted by Crippen LogP contribution is -2.78. The molecule has 166 valence electrons. The first kappa shape index (κ1) is 21.4. The third-order valence-electron chi connectivity index (χ3n) is 5.85. The smallest absolute Gasteiger partial charge is 0.417 e. The van der Waals surface area contributed by atoms with Crippen molar-refractivity contribution >= 4 is 11.8 Å². The number of nitrogens with two attached hydrogens (primary N) is 1. The molecule has 3 aliphatic carbocycles. The minimum atomic E-state index is -4.72. The van der Waals surface area contributed by atoms with Gasteiger partial charge in [0, 0.05) is 17.8 Å². The van der Waals surface area contributed by atoms with Crippen molar-refractivity contribution in [2.24, 2.45) is 11.1 Å². The van der Waals surface area contributed by atoms with E-state index in [1.165, 1.54) is 25.3 Å². The third kappa shape index (κ3) is 3.47. The Morgan fingerprint density at radius 1 is 1.22 bits per heavy atom. The van der Waals surface area contributed by atoms with Crippen LogP contribution in [0, 0.1) is 16.7 Å². The number of nitriles is 1. The van der Waals surface area contributed by atoms with Crippen LogP contribution in [0.15, 0.2) is 30.5 Å². The number of nitrogens with zero attached hydrogens (tertiary/aromatic N) is 2. The molecular weight excluding hydrogens is 429 g/mol. The number of alkyl halides is 3. The lowest BCUT2D eigenvalue weighted by molar-refractivity contribution is -0.174. The molecule has 0 saturated heterocycles. The zero-order valence-corrected chi connectivity index (χ0v) is 16.7. The minimum Gasteiger partial charge on any atom is -0.493 e. The number of ether oxygens (including phenoxy) is 2. The summed E-state index contributed by atoms with van der Waals surface area (Å²) in [6.45, 7) is 0. The summed E-state index contributed by atoms with van der Waals surface area (Å²) in [4.78, 5) is 28.1. The summed E-state index contributed by atoms with van der Waals surface area (Å²) in [5, 5.41) is 11.7. The number of halogens is 3. The summed E-state index contributed by atoms with van der Waals surface area (Å²) in [6.07, 6.45) is -3.14. The summed E-state index contributed by atoms with van der Waals surface area (Å²) in [5.74, 6) is -1.43. The van der Waals surface area contributed by atoms with E-state index in [4.69, 9.17) is 20.5 Å². The molecule has 11 heteroatoms. The third-order valence-corrected chi connectivity index (χ3v) is 5.85. The highest BCUT2D eigenvalue weighted by atomic mass is 19.4. The zero-order chi connectivity index (χ0) is 23.3. The monoisotopic (exact) mass is 446 g/mol. The molecule has 3 fully saturated rings. The van der Waals surface area contributed by atoms with Crippen molar-refractivity contribution in [3.63, 3.8) is 0 Å². The van der Waals surface area contributed by atoms with E-state index in [0.29, 0.717) is 31.5 Å². The summed E-state index contributed by atoms with van der Waals surface area (Å²) in [6, 6.07) is 6.77. The van der Waals surface area contributed by atoms with Crippen LogP contribution in [0.1, 0.15) is 40.7 Å². The number of carbonyl (C=O) groups is 2. The molecule has 3 saturated carbocycles. The summed E-state index contributed by atoms with van der Waals surface area (Å²) < 4.78 is 50.5. The number of rotatable bonds is 6. The Kier molecular flexibility index (Phi) is 4.76. The van der Waals surface area contributed by atoms with Crippen LogP contribution in [0.25, 0.3) is 0 Å². The number of hydrogen-bond donors (Lipinski definition) is 2. The molecular formula is C21H17F3N4O4. The van der Waals surface area contributed by atoms with Gasteiger partial charge in [-0.05, 0) is 37.5 Å². The molecule has 0 atom stereocenters. The van der Waals surface area contributed by atoms with E-state index in [2.05, 4.69) is 10.3 Å². The molecule has 1 aromatic heterocycles. The van der Waals surface area contributed by atoms with Gasteiger partial charge in [-0.3, -0.25) is 9.59 Å². The standard InChI is InChI=1S/C21H17F3N4O4/c1-31-15-4-11(6-25)2-3-14(15)32-17-13(5-12(7-27-17)21(22,23)24)16(29)28-20-8-19(9-20,10-20)18(26)30/h2-5,7H,8-10H2,1H3,(H2,26,30)(H,28,29). The molecule has 0 radical (unpaired) electrons. The van der Waals surface area contributed by atoms with Crippen LogP contribution < -0.4 is 20.5 Å². The van der Waals surface area contributed by atoms with Gasteiger partial charge in [0.25, 0.3) is 5.91 Å². The highest BCUT2D eigenvalue weighted by Crippen LogP contribution is 2.67. The summed E-state index contributed by atoms with van der Waals surface area (Å²) >= 11 is 0. The average Bonchev–Trinajstić information content (AvgIpc) is 2.68.